The van der Waals surface area contributed by atoms with E-state index in [2.05, 4.69) is 41.2 Å². The van der Waals surface area contributed by atoms with Gasteiger partial charge in [-0.2, -0.15) is 0 Å². The van der Waals surface area contributed by atoms with Crippen molar-refractivity contribution in [3.8, 4) is 11.3 Å². The van der Waals surface area contributed by atoms with E-state index in [1.165, 1.54) is 5.56 Å². The number of benzene rings is 1. The van der Waals surface area contributed by atoms with Gasteiger partial charge in [-0.1, -0.05) is 36.8 Å². The fraction of sp³-hybridized carbons (Fsp3) is 0.375. The highest BCUT2D eigenvalue weighted by Gasteiger charge is 2.13. The van der Waals surface area contributed by atoms with Crippen molar-refractivity contribution in [1.82, 2.24) is 9.97 Å². The molecule has 1 aromatic carbocycles. The van der Waals surface area contributed by atoms with Gasteiger partial charge in [0.15, 0.2) is 0 Å². The first kappa shape index (κ1) is 13.7. The van der Waals surface area contributed by atoms with E-state index in [4.69, 9.17) is 0 Å². The average molecular weight is 256 g/mol. The van der Waals surface area contributed by atoms with Crippen LogP contribution in [0.4, 0.5) is 0 Å². The van der Waals surface area contributed by atoms with Gasteiger partial charge in [0.2, 0.25) is 0 Å². The maximum atomic E-state index is 9.39. The van der Waals surface area contributed by atoms with Crippen molar-refractivity contribution in [2.24, 2.45) is 0 Å². The van der Waals surface area contributed by atoms with Gasteiger partial charge < -0.3 is 5.11 Å². The standard InChI is InChI=1S/C16H20N2O/c1-4-13(10-19)16-17-12(3)9-15(18-16)14-7-5-11(2)6-8-14/h5-9,13,19H,4,10H2,1-3H3. The molecule has 1 aromatic heterocycles. The molecule has 0 aliphatic rings. The molecule has 3 nitrogen and oxygen atoms in total. The average Bonchev–Trinajstić information content (AvgIpc) is 2.40. The third-order valence-electron chi connectivity index (χ3n) is 3.30. The lowest BCUT2D eigenvalue weighted by Crippen LogP contribution is -2.09. The summed E-state index contributed by atoms with van der Waals surface area (Å²) in [4.78, 5) is 9.05. The Labute approximate surface area is 114 Å². The van der Waals surface area contributed by atoms with Crippen LogP contribution in [0.1, 0.15) is 36.3 Å². The monoisotopic (exact) mass is 256 g/mol. The molecule has 1 atom stereocenters. The fourth-order valence-electron chi connectivity index (χ4n) is 2.04. The molecule has 2 rings (SSSR count). The molecular formula is C16H20N2O. The van der Waals surface area contributed by atoms with Gasteiger partial charge in [0.1, 0.15) is 5.82 Å². The molecule has 0 bridgehead atoms. The molecule has 0 spiro atoms. The lowest BCUT2D eigenvalue weighted by Gasteiger charge is -2.12. The number of nitrogens with zero attached hydrogens (tertiary/aromatic N) is 2. The third kappa shape index (κ3) is 3.18. The van der Waals surface area contributed by atoms with Crippen molar-refractivity contribution in [2.45, 2.75) is 33.1 Å². The summed E-state index contributed by atoms with van der Waals surface area (Å²) >= 11 is 0. The SMILES string of the molecule is CCC(CO)c1nc(C)cc(-c2ccc(C)cc2)n1. The number of aryl methyl sites for hydroxylation is 2. The normalized spacial score (nSPS) is 12.4. The molecule has 2 aromatic rings. The molecule has 0 saturated heterocycles. The predicted octanol–water partition coefficient (Wildman–Crippen LogP) is 3.25. The highest BCUT2D eigenvalue weighted by molar-refractivity contribution is 5.59. The lowest BCUT2D eigenvalue weighted by molar-refractivity contribution is 0.257. The minimum atomic E-state index is 0.0177. The third-order valence-corrected chi connectivity index (χ3v) is 3.30. The smallest absolute Gasteiger partial charge is 0.134 e. The highest BCUT2D eigenvalue weighted by Crippen LogP contribution is 2.22. The summed E-state index contributed by atoms with van der Waals surface area (Å²) in [6, 6.07) is 10.3. The van der Waals surface area contributed by atoms with Gasteiger partial charge in [-0.25, -0.2) is 9.97 Å². The predicted molar refractivity (Wildman–Crippen MR) is 77.1 cm³/mol. The van der Waals surface area contributed by atoms with Gasteiger partial charge in [0.25, 0.3) is 0 Å². The Hall–Kier alpha value is -1.74. The van der Waals surface area contributed by atoms with E-state index in [1.54, 1.807) is 0 Å². The molecule has 1 unspecified atom stereocenters. The molecule has 1 N–H and O–H groups in total. The van der Waals surface area contributed by atoms with Gasteiger partial charge in [-0.05, 0) is 26.3 Å². The second kappa shape index (κ2) is 5.93. The molecule has 0 amide bonds. The van der Waals surface area contributed by atoms with Crippen LogP contribution in [0.15, 0.2) is 30.3 Å². The molecule has 0 radical (unpaired) electrons. The van der Waals surface area contributed by atoms with Crippen molar-refractivity contribution >= 4 is 0 Å². The van der Waals surface area contributed by atoms with Crippen molar-refractivity contribution in [2.75, 3.05) is 6.61 Å². The van der Waals surface area contributed by atoms with Gasteiger partial charge in [0, 0.05) is 17.2 Å². The van der Waals surface area contributed by atoms with E-state index >= 15 is 0 Å². The molecule has 0 aliphatic heterocycles. The molecule has 0 aliphatic carbocycles. The number of hydrogen-bond acceptors (Lipinski definition) is 3. The van der Waals surface area contributed by atoms with E-state index in [0.717, 1.165) is 29.2 Å². The molecule has 100 valence electrons. The molecule has 19 heavy (non-hydrogen) atoms. The van der Waals surface area contributed by atoms with Crippen molar-refractivity contribution < 1.29 is 5.11 Å². The van der Waals surface area contributed by atoms with E-state index in [-0.39, 0.29) is 12.5 Å². The molecule has 1 heterocycles. The summed E-state index contributed by atoms with van der Waals surface area (Å²) < 4.78 is 0. The summed E-state index contributed by atoms with van der Waals surface area (Å²) in [5.74, 6) is 0.754. The first-order chi connectivity index (χ1) is 9.13. The fourth-order valence-corrected chi connectivity index (χ4v) is 2.04. The molecule has 0 fully saturated rings. The first-order valence-electron chi connectivity index (χ1n) is 6.67. The maximum Gasteiger partial charge on any atom is 0.134 e. The van der Waals surface area contributed by atoms with Gasteiger partial charge in [0.05, 0.1) is 12.3 Å². The Balaban J connectivity index is 2.44. The Morgan fingerprint density at radius 3 is 2.37 bits per heavy atom. The van der Waals surface area contributed by atoms with E-state index in [9.17, 15) is 5.11 Å². The van der Waals surface area contributed by atoms with Crippen LogP contribution in [0, 0.1) is 13.8 Å². The van der Waals surface area contributed by atoms with Crippen LogP contribution in [0.2, 0.25) is 0 Å². The van der Waals surface area contributed by atoms with Crippen molar-refractivity contribution in [3.63, 3.8) is 0 Å². The largest absolute Gasteiger partial charge is 0.396 e. The maximum absolute atomic E-state index is 9.39. The zero-order valence-electron chi connectivity index (χ0n) is 11.7. The van der Waals surface area contributed by atoms with Crippen LogP contribution in [0.5, 0.6) is 0 Å². The zero-order chi connectivity index (χ0) is 13.8. The summed E-state index contributed by atoms with van der Waals surface area (Å²) in [5.41, 5.74) is 4.18. The van der Waals surface area contributed by atoms with Crippen LogP contribution in [0.25, 0.3) is 11.3 Å². The van der Waals surface area contributed by atoms with Gasteiger partial charge in [-0.15, -0.1) is 0 Å². The Morgan fingerprint density at radius 1 is 1.11 bits per heavy atom. The summed E-state index contributed by atoms with van der Waals surface area (Å²) in [7, 11) is 0. The quantitative estimate of drug-likeness (QED) is 0.913. The Kier molecular flexibility index (Phi) is 4.27. The topological polar surface area (TPSA) is 46.0 Å². The lowest BCUT2D eigenvalue weighted by atomic mass is 10.1. The number of aliphatic hydroxyl groups is 1. The van der Waals surface area contributed by atoms with Crippen LogP contribution in [0.3, 0.4) is 0 Å². The second-order valence-electron chi connectivity index (χ2n) is 4.91. The van der Waals surface area contributed by atoms with Gasteiger partial charge in [-0.3, -0.25) is 0 Å². The Bertz CT molecular complexity index is 545. The van der Waals surface area contributed by atoms with E-state index < -0.39 is 0 Å². The molecule has 3 heteroatoms. The van der Waals surface area contributed by atoms with Crippen molar-refractivity contribution in [1.29, 1.82) is 0 Å². The molecule has 0 saturated carbocycles. The number of rotatable bonds is 4. The summed E-state index contributed by atoms with van der Waals surface area (Å²) in [6.45, 7) is 6.16. The van der Waals surface area contributed by atoms with Gasteiger partial charge >= 0.3 is 0 Å². The van der Waals surface area contributed by atoms with Crippen LogP contribution < -0.4 is 0 Å². The summed E-state index contributed by atoms with van der Waals surface area (Å²) in [6.07, 6.45) is 0.841. The minimum absolute atomic E-state index is 0.0177. The van der Waals surface area contributed by atoms with Crippen LogP contribution in [-0.4, -0.2) is 21.7 Å². The molecular weight excluding hydrogens is 236 g/mol. The number of aliphatic hydroxyl groups excluding tert-OH is 1. The first-order valence-corrected chi connectivity index (χ1v) is 6.67. The van der Waals surface area contributed by atoms with E-state index in [1.807, 2.05) is 19.9 Å². The Morgan fingerprint density at radius 2 is 1.79 bits per heavy atom. The highest BCUT2D eigenvalue weighted by atomic mass is 16.3. The van der Waals surface area contributed by atoms with E-state index in [0.29, 0.717) is 0 Å². The second-order valence-corrected chi connectivity index (χ2v) is 4.91. The van der Waals surface area contributed by atoms with Crippen LogP contribution in [-0.2, 0) is 0 Å². The summed E-state index contributed by atoms with van der Waals surface area (Å²) in [5, 5.41) is 9.39. The minimum Gasteiger partial charge on any atom is -0.396 e. The van der Waals surface area contributed by atoms with Crippen molar-refractivity contribution in [3.05, 3.63) is 47.4 Å². The van der Waals surface area contributed by atoms with Crippen LogP contribution >= 0.6 is 0 Å². The number of hydrogen-bond donors (Lipinski definition) is 1. The number of aromatic nitrogens is 2. The zero-order valence-corrected chi connectivity index (χ0v) is 11.7.